The molecule has 1 saturated heterocycles. The molecule has 2 heterocycles. The number of nitrogens with zero attached hydrogens (tertiary/aromatic N) is 3. The summed E-state index contributed by atoms with van der Waals surface area (Å²) in [6, 6.07) is 11.4. The molecule has 2 fully saturated rings. The summed E-state index contributed by atoms with van der Waals surface area (Å²) in [5.41, 5.74) is 4.03. The number of amides is 1. The molecule has 7 heteroatoms. The Morgan fingerprint density at radius 1 is 1.23 bits per heavy atom. The first-order valence-corrected chi connectivity index (χ1v) is 11.0. The van der Waals surface area contributed by atoms with Gasteiger partial charge in [-0.25, -0.2) is 0 Å². The third-order valence-electron chi connectivity index (χ3n) is 6.31. The molecule has 3 aromatic rings. The highest BCUT2D eigenvalue weighted by atomic mass is 16.5. The van der Waals surface area contributed by atoms with Gasteiger partial charge in [-0.1, -0.05) is 12.1 Å². The van der Waals surface area contributed by atoms with Crippen LogP contribution in [-0.4, -0.2) is 59.5 Å². The number of carbonyl (C=O) groups is 1. The van der Waals surface area contributed by atoms with E-state index in [4.69, 9.17) is 4.74 Å². The summed E-state index contributed by atoms with van der Waals surface area (Å²) in [5.74, 6) is 0.423. The molecule has 1 aliphatic heterocycles. The number of hydrogen-bond acceptors (Lipinski definition) is 5. The van der Waals surface area contributed by atoms with E-state index in [-0.39, 0.29) is 11.7 Å². The first-order chi connectivity index (χ1) is 15.1. The third-order valence-corrected chi connectivity index (χ3v) is 6.31. The van der Waals surface area contributed by atoms with Crippen LogP contribution in [0, 0.1) is 5.92 Å². The van der Waals surface area contributed by atoms with Crippen LogP contribution in [0.5, 0.6) is 5.75 Å². The fourth-order valence-electron chi connectivity index (χ4n) is 4.18. The predicted octanol–water partition coefficient (Wildman–Crippen LogP) is 3.33. The van der Waals surface area contributed by atoms with E-state index in [0.717, 1.165) is 56.0 Å². The highest BCUT2D eigenvalue weighted by Crippen LogP contribution is 2.35. The number of aromatic nitrogens is 2. The number of benzene rings is 2. The Morgan fingerprint density at radius 3 is 2.68 bits per heavy atom. The number of fused-ring (bicyclic) bond motifs is 1. The number of aromatic amines is 1. The van der Waals surface area contributed by atoms with Crippen molar-refractivity contribution in [1.82, 2.24) is 15.1 Å². The van der Waals surface area contributed by atoms with Crippen molar-refractivity contribution in [2.75, 3.05) is 38.3 Å². The van der Waals surface area contributed by atoms with Crippen LogP contribution < -0.4 is 4.90 Å². The Morgan fingerprint density at radius 2 is 1.97 bits per heavy atom. The van der Waals surface area contributed by atoms with Gasteiger partial charge >= 0.3 is 0 Å². The van der Waals surface area contributed by atoms with Gasteiger partial charge in [0.1, 0.15) is 5.75 Å². The van der Waals surface area contributed by atoms with Crippen molar-refractivity contribution in [1.29, 1.82) is 0 Å². The highest BCUT2D eigenvalue weighted by Gasteiger charge is 2.25. The second kappa shape index (κ2) is 8.32. The van der Waals surface area contributed by atoms with Crippen molar-refractivity contribution in [2.24, 2.45) is 5.92 Å². The number of hydrogen-bond donors (Lipinski definition) is 2. The first kappa shape index (κ1) is 20.0. The number of phenolic OH excluding ortho intramolecular Hbond substituents is 1. The lowest BCUT2D eigenvalue weighted by Crippen LogP contribution is -2.35. The first-order valence-electron chi connectivity index (χ1n) is 11.0. The minimum Gasteiger partial charge on any atom is -0.507 e. The number of H-pyrrole nitrogens is 1. The van der Waals surface area contributed by atoms with Crippen molar-refractivity contribution >= 4 is 22.5 Å². The Balaban J connectivity index is 1.34. The van der Waals surface area contributed by atoms with Gasteiger partial charge in [0.2, 0.25) is 0 Å². The standard InChI is InChI=1S/C24H28N4O3/c1-27(18-6-4-17(5-7-18)15-28-8-10-31-11-9-28)24(30)20-13-19-21(12-16-2-3-16)25-26-22(19)14-23(20)29/h4-7,13-14,16,29H,2-3,8-12,15H2,1H3,(H,25,26). The predicted molar refractivity (Wildman–Crippen MR) is 119 cm³/mol. The van der Waals surface area contributed by atoms with E-state index in [1.165, 1.54) is 18.4 Å². The summed E-state index contributed by atoms with van der Waals surface area (Å²) < 4.78 is 5.40. The number of carbonyl (C=O) groups excluding carboxylic acids is 1. The molecule has 0 bridgehead atoms. The number of ether oxygens (including phenoxy) is 1. The molecule has 0 spiro atoms. The molecule has 31 heavy (non-hydrogen) atoms. The van der Waals surface area contributed by atoms with Crippen molar-refractivity contribution in [2.45, 2.75) is 25.8 Å². The second-order valence-electron chi connectivity index (χ2n) is 8.66. The zero-order valence-electron chi connectivity index (χ0n) is 17.8. The van der Waals surface area contributed by atoms with Gasteiger partial charge in [-0.3, -0.25) is 14.8 Å². The van der Waals surface area contributed by atoms with Gasteiger partial charge in [-0.2, -0.15) is 5.10 Å². The Hall–Kier alpha value is -2.90. The summed E-state index contributed by atoms with van der Waals surface area (Å²) in [7, 11) is 1.74. The lowest BCUT2D eigenvalue weighted by atomic mass is 10.1. The van der Waals surface area contributed by atoms with E-state index in [1.54, 1.807) is 24.1 Å². The molecule has 1 saturated carbocycles. The molecule has 0 unspecified atom stereocenters. The van der Waals surface area contributed by atoms with E-state index < -0.39 is 0 Å². The van der Waals surface area contributed by atoms with Crippen molar-refractivity contribution in [3.05, 3.63) is 53.2 Å². The molecule has 5 rings (SSSR count). The lowest BCUT2D eigenvalue weighted by molar-refractivity contribution is 0.0342. The molecule has 162 valence electrons. The average molecular weight is 421 g/mol. The number of anilines is 1. The molecular formula is C24H28N4O3. The quantitative estimate of drug-likeness (QED) is 0.639. The fraction of sp³-hybridized carbons (Fsp3) is 0.417. The van der Waals surface area contributed by atoms with Crippen LogP contribution in [0.2, 0.25) is 0 Å². The number of rotatable bonds is 6. The topological polar surface area (TPSA) is 81.7 Å². The summed E-state index contributed by atoms with van der Waals surface area (Å²) in [5, 5.41) is 18.8. The van der Waals surface area contributed by atoms with E-state index in [2.05, 4.69) is 27.2 Å². The highest BCUT2D eigenvalue weighted by molar-refractivity contribution is 6.09. The van der Waals surface area contributed by atoms with E-state index >= 15 is 0 Å². The third kappa shape index (κ3) is 4.29. The number of nitrogens with one attached hydrogen (secondary N) is 1. The zero-order chi connectivity index (χ0) is 21.4. The van der Waals surface area contributed by atoms with Crippen LogP contribution in [0.4, 0.5) is 5.69 Å². The maximum Gasteiger partial charge on any atom is 0.261 e. The van der Waals surface area contributed by atoms with Crippen LogP contribution in [0.1, 0.15) is 34.5 Å². The van der Waals surface area contributed by atoms with E-state index in [9.17, 15) is 9.90 Å². The van der Waals surface area contributed by atoms with Gasteiger partial charge in [0.25, 0.3) is 5.91 Å². The number of morpholine rings is 1. The maximum absolute atomic E-state index is 13.2. The normalized spacial score (nSPS) is 17.2. The molecular weight excluding hydrogens is 392 g/mol. The van der Waals surface area contributed by atoms with Gasteiger partial charge in [0.15, 0.2) is 0 Å². The fourth-order valence-corrected chi connectivity index (χ4v) is 4.18. The molecule has 2 aromatic carbocycles. The Bertz CT molecular complexity index is 1080. The molecule has 1 amide bonds. The molecule has 2 N–H and O–H groups in total. The number of phenols is 1. The number of aromatic hydroxyl groups is 1. The summed E-state index contributed by atoms with van der Waals surface area (Å²) >= 11 is 0. The molecule has 0 radical (unpaired) electrons. The minimum absolute atomic E-state index is 0.0437. The Labute approximate surface area is 181 Å². The lowest BCUT2D eigenvalue weighted by Gasteiger charge is -2.26. The van der Waals surface area contributed by atoms with Crippen LogP contribution in [0.25, 0.3) is 10.9 Å². The van der Waals surface area contributed by atoms with Gasteiger partial charge in [0.05, 0.1) is 24.3 Å². The molecule has 7 nitrogen and oxygen atoms in total. The van der Waals surface area contributed by atoms with Gasteiger partial charge < -0.3 is 14.7 Å². The largest absolute Gasteiger partial charge is 0.507 e. The molecule has 1 aliphatic carbocycles. The summed E-state index contributed by atoms with van der Waals surface area (Å²) in [6.45, 7) is 4.32. The SMILES string of the molecule is CN(C(=O)c1cc2c(CC3CC3)[nH]nc2cc1O)c1ccc(CN2CCOCC2)cc1. The van der Waals surface area contributed by atoms with Crippen LogP contribution in [0.3, 0.4) is 0 Å². The van der Waals surface area contributed by atoms with Gasteiger partial charge in [-0.15, -0.1) is 0 Å². The molecule has 1 aromatic heterocycles. The summed E-state index contributed by atoms with van der Waals surface area (Å²) in [4.78, 5) is 17.1. The minimum atomic E-state index is -0.237. The van der Waals surface area contributed by atoms with Gasteiger partial charge in [-0.05, 0) is 48.9 Å². The zero-order valence-corrected chi connectivity index (χ0v) is 17.8. The van der Waals surface area contributed by atoms with Crippen molar-refractivity contribution in [3.63, 3.8) is 0 Å². The second-order valence-corrected chi connectivity index (χ2v) is 8.66. The maximum atomic E-state index is 13.2. The smallest absolute Gasteiger partial charge is 0.261 e. The van der Waals surface area contributed by atoms with Crippen LogP contribution in [-0.2, 0) is 17.7 Å². The van der Waals surface area contributed by atoms with Crippen LogP contribution >= 0.6 is 0 Å². The average Bonchev–Trinajstić information content (AvgIpc) is 3.53. The van der Waals surface area contributed by atoms with Gasteiger partial charge in [0, 0.05) is 49.5 Å². The van der Waals surface area contributed by atoms with Crippen molar-refractivity contribution in [3.8, 4) is 5.75 Å². The van der Waals surface area contributed by atoms with E-state index in [0.29, 0.717) is 17.0 Å². The van der Waals surface area contributed by atoms with Crippen molar-refractivity contribution < 1.29 is 14.6 Å². The summed E-state index contributed by atoms with van der Waals surface area (Å²) in [6.07, 6.45) is 3.43. The molecule has 2 aliphatic rings. The van der Waals surface area contributed by atoms with Crippen LogP contribution in [0.15, 0.2) is 36.4 Å². The monoisotopic (exact) mass is 420 g/mol. The Kier molecular flexibility index (Phi) is 5.38. The van der Waals surface area contributed by atoms with E-state index in [1.807, 2.05) is 12.1 Å². The molecule has 0 atom stereocenters.